The number of carbonyl (C=O) groups is 3. The molecule has 0 aliphatic heterocycles. The molecule has 0 atom stereocenters. The largest absolute Gasteiger partial charge is 0.465 e. The zero-order valence-electron chi connectivity index (χ0n) is 17.3. The second-order valence-corrected chi connectivity index (χ2v) is 8.24. The Labute approximate surface area is 195 Å². The van der Waals surface area contributed by atoms with Crippen molar-refractivity contribution in [3.05, 3.63) is 88.9 Å². The van der Waals surface area contributed by atoms with E-state index in [0.717, 1.165) is 10.5 Å². The van der Waals surface area contributed by atoms with Crippen molar-refractivity contribution in [1.82, 2.24) is 0 Å². The summed E-state index contributed by atoms with van der Waals surface area (Å²) in [5.41, 5.74) is 2.15. The molecule has 0 fully saturated rings. The fraction of sp³-hybridized carbons (Fsp3) is 0.125. The van der Waals surface area contributed by atoms with Gasteiger partial charge in [0.2, 0.25) is 11.8 Å². The normalized spacial score (nSPS) is 10.3. The van der Waals surface area contributed by atoms with Crippen molar-refractivity contribution in [3.63, 3.8) is 0 Å². The molecule has 0 saturated carbocycles. The molecule has 6 nitrogen and oxygen atoms in total. The Morgan fingerprint density at radius 3 is 2.31 bits per heavy atom. The van der Waals surface area contributed by atoms with Gasteiger partial charge in [0.15, 0.2) is 0 Å². The quantitative estimate of drug-likeness (QED) is 0.357. The van der Waals surface area contributed by atoms with E-state index in [1.54, 1.807) is 18.2 Å². The topological polar surface area (TPSA) is 84.5 Å². The first-order valence-electron chi connectivity index (χ1n) is 9.69. The molecule has 0 bridgehead atoms. The predicted octanol–water partition coefficient (Wildman–Crippen LogP) is 5.04. The van der Waals surface area contributed by atoms with Crippen molar-refractivity contribution in [3.8, 4) is 0 Å². The van der Waals surface area contributed by atoms with Gasteiger partial charge in [0, 0.05) is 15.6 Å². The van der Waals surface area contributed by atoms with E-state index in [0.29, 0.717) is 22.8 Å². The molecule has 3 aromatic carbocycles. The Balaban J connectivity index is 1.52. The fourth-order valence-corrected chi connectivity index (χ4v) is 3.73. The number of hydrogen-bond donors (Lipinski definition) is 2. The smallest absolute Gasteiger partial charge is 0.339 e. The van der Waals surface area contributed by atoms with Gasteiger partial charge in [-0.15, -0.1) is 11.8 Å². The van der Waals surface area contributed by atoms with Crippen LogP contribution in [-0.2, 0) is 20.7 Å². The van der Waals surface area contributed by atoms with Gasteiger partial charge in [-0.25, -0.2) is 4.79 Å². The maximum Gasteiger partial charge on any atom is 0.339 e. The Morgan fingerprint density at radius 2 is 1.62 bits per heavy atom. The maximum absolute atomic E-state index is 12.4. The van der Waals surface area contributed by atoms with Crippen molar-refractivity contribution in [2.24, 2.45) is 0 Å². The first-order valence-corrected chi connectivity index (χ1v) is 11.1. The zero-order valence-corrected chi connectivity index (χ0v) is 18.8. The van der Waals surface area contributed by atoms with Crippen LogP contribution in [0.2, 0.25) is 5.02 Å². The number of carbonyl (C=O) groups excluding carboxylic acids is 3. The third-order valence-electron chi connectivity index (χ3n) is 4.38. The molecule has 0 saturated heterocycles. The Kier molecular flexibility index (Phi) is 8.30. The van der Waals surface area contributed by atoms with Crippen LogP contribution in [0.3, 0.4) is 0 Å². The molecule has 3 rings (SSSR count). The average molecular weight is 469 g/mol. The summed E-state index contributed by atoms with van der Waals surface area (Å²) in [6.45, 7) is 0. The Bertz CT molecular complexity index is 1100. The summed E-state index contributed by atoms with van der Waals surface area (Å²) in [7, 11) is 1.27. The summed E-state index contributed by atoms with van der Waals surface area (Å²) < 4.78 is 4.73. The van der Waals surface area contributed by atoms with E-state index < -0.39 is 5.97 Å². The van der Waals surface area contributed by atoms with Gasteiger partial charge in [-0.1, -0.05) is 41.9 Å². The third-order valence-corrected chi connectivity index (χ3v) is 5.62. The van der Waals surface area contributed by atoms with Crippen molar-refractivity contribution >= 4 is 52.5 Å². The summed E-state index contributed by atoms with van der Waals surface area (Å²) in [4.78, 5) is 37.3. The Morgan fingerprint density at radius 1 is 0.906 bits per heavy atom. The minimum Gasteiger partial charge on any atom is -0.465 e. The van der Waals surface area contributed by atoms with Crippen molar-refractivity contribution < 1.29 is 19.1 Å². The number of benzene rings is 3. The highest BCUT2D eigenvalue weighted by Gasteiger charge is 2.15. The lowest BCUT2D eigenvalue weighted by molar-refractivity contribution is -0.115. The van der Waals surface area contributed by atoms with E-state index in [-0.39, 0.29) is 23.1 Å². The molecule has 0 heterocycles. The lowest BCUT2D eigenvalue weighted by Crippen LogP contribution is -2.17. The van der Waals surface area contributed by atoms with E-state index >= 15 is 0 Å². The number of rotatable bonds is 8. The highest BCUT2D eigenvalue weighted by molar-refractivity contribution is 8.00. The number of esters is 1. The summed E-state index contributed by atoms with van der Waals surface area (Å²) in [5, 5.41) is 5.95. The predicted molar refractivity (Wildman–Crippen MR) is 127 cm³/mol. The summed E-state index contributed by atoms with van der Waals surface area (Å²) in [6.07, 6.45) is 0.300. The number of halogens is 1. The SMILES string of the molecule is COC(=O)c1ccc(Cl)cc1NC(=O)CSc1ccc(NC(=O)Cc2ccccc2)cc1. The standard InChI is InChI=1S/C24H21ClN2O4S/c1-31-24(30)20-12-7-17(25)14-21(20)27-23(29)15-32-19-10-8-18(9-11-19)26-22(28)13-16-5-3-2-4-6-16/h2-12,14H,13,15H2,1H3,(H,26,28)(H,27,29). The van der Waals surface area contributed by atoms with Crippen LogP contribution in [0.5, 0.6) is 0 Å². The number of thioether (sulfide) groups is 1. The lowest BCUT2D eigenvalue weighted by Gasteiger charge is -2.10. The first kappa shape index (κ1) is 23.4. The van der Waals surface area contributed by atoms with Crippen molar-refractivity contribution in [2.45, 2.75) is 11.3 Å². The molecule has 2 amide bonds. The van der Waals surface area contributed by atoms with Gasteiger partial charge in [0.25, 0.3) is 0 Å². The van der Waals surface area contributed by atoms with Crippen LogP contribution in [-0.4, -0.2) is 30.6 Å². The van der Waals surface area contributed by atoms with Crippen LogP contribution in [0.15, 0.2) is 77.7 Å². The van der Waals surface area contributed by atoms with Crippen molar-refractivity contribution in [1.29, 1.82) is 0 Å². The van der Waals surface area contributed by atoms with Gasteiger partial charge in [-0.3, -0.25) is 9.59 Å². The highest BCUT2D eigenvalue weighted by Crippen LogP contribution is 2.24. The number of hydrogen-bond acceptors (Lipinski definition) is 5. The van der Waals surface area contributed by atoms with Crippen LogP contribution in [0.25, 0.3) is 0 Å². The van der Waals surface area contributed by atoms with Crippen LogP contribution < -0.4 is 10.6 Å². The second-order valence-electron chi connectivity index (χ2n) is 6.75. The van der Waals surface area contributed by atoms with Crippen LogP contribution >= 0.6 is 23.4 Å². The number of anilines is 2. The van der Waals surface area contributed by atoms with Gasteiger partial charge in [-0.05, 0) is 48.0 Å². The molecule has 164 valence electrons. The molecule has 3 aromatic rings. The molecular weight excluding hydrogens is 448 g/mol. The van der Waals surface area contributed by atoms with Gasteiger partial charge >= 0.3 is 5.97 Å². The van der Waals surface area contributed by atoms with E-state index in [1.165, 1.54) is 31.0 Å². The first-order chi connectivity index (χ1) is 15.4. The van der Waals surface area contributed by atoms with E-state index in [2.05, 4.69) is 10.6 Å². The monoisotopic (exact) mass is 468 g/mol. The number of methoxy groups -OCH3 is 1. The van der Waals surface area contributed by atoms with E-state index in [4.69, 9.17) is 16.3 Å². The molecular formula is C24H21ClN2O4S. The molecule has 0 unspecified atom stereocenters. The van der Waals surface area contributed by atoms with Crippen molar-refractivity contribution in [2.75, 3.05) is 23.5 Å². The van der Waals surface area contributed by atoms with Crippen LogP contribution in [0, 0.1) is 0 Å². The number of ether oxygens (including phenoxy) is 1. The Hall–Kier alpha value is -3.29. The highest BCUT2D eigenvalue weighted by atomic mass is 35.5. The van der Waals surface area contributed by atoms with Crippen LogP contribution in [0.1, 0.15) is 15.9 Å². The molecule has 0 spiro atoms. The lowest BCUT2D eigenvalue weighted by atomic mass is 10.1. The molecule has 8 heteroatoms. The zero-order chi connectivity index (χ0) is 22.9. The summed E-state index contributed by atoms with van der Waals surface area (Å²) >= 11 is 7.31. The minimum atomic E-state index is -0.561. The van der Waals surface area contributed by atoms with Gasteiger partial charge in [0.1, 0.15) is 0 Å². The summed E-state index contributed by atoms with van der Waals surface area (Å²) in [5.74, 6) is -0.816. The number of nitrogens with one attached hydrogen (secondary N) is 2. The van der Waals surface area contributed by atoms with Gasteiger partial charge in [-0.2, -0.15) is 0 Å². The molecule has 2 N–H and O–H groups in total. The minimum absolute atomic E-state index is 0.0982. The van der Waals surface area contributed by atoms with E-state index in [1.807, 2.05) is 42.5 Å². The van der Waals surface area contributed by atoms with Gasteiger partial charge < -0.3 is 15.4 Å². The average Bonchev–Trinajstić information content (AvgIpc) is 2.79. The van der Waals surface area contributed by atoms with Crippen LogP contribution in [0.4, 0.5) is 11.4 Å². The molecule has 0 radical (unpaired) electrons. The van der Waals surface area contributed by atoms with Gasteiger partial charge in [0.05, 0.1) is 30.5 Å². The fourth-order valence-electron chi connectivity index (χ4n) is 2.86. The molecule has 0 aliphatic rings. The maximum atomic E-state index is 12.4. The van der Waals surface area contributed by atoms with E-state index in [9.17, 15) is 14.4 Å². The molecule has 32 heavy (non-hydrogen) atoms. The number of amides is 2. The second kappa shape index (κ2) is 11.4. The molecule has 0 aromatic heterocycles. The third kappa shape index (κ3) is 6.87. The molecule has 0 aliphatic carbocycles. The summed E-state index contributed by atoms with van der Waals surface area (Å²) in [6, 6.07) is 21.3.